The number of amides is 4. The highest BCUT2D eigenvalue weighted by molar-refractivity contribution is 5.95. The summed E-state index contributed by atoms with van der Waals surface area (Å²) < 4.78 is 63.5. The van der Waals surface area contributed by atoms with Crippen molar-refractivity contribution in [2.24, 2.45) is 17.6 Å². The van der Waals surface area contributed by atoms with Gasteiger partial charge >= 0.3 is 24.3 Å². The molecule has 14 nitrogen and oxygen atoms in total. The maximum absolute atomic E-state index is 13.9. The number of nitrogens with one attached hydrogen (secondary N) is 4. The molecule has 1 heterocycles. The van der Waals surface area contributed by atoms with E-state index in [0.29, 0.717) is 18.9 Å². The minimum Gasteiger partial charge on any atom is -0.475 e. The zero-order valence-corrected chi connectivity index (χ0v) is 30.4. The van der Waals surface area contributed by atoms with Crippen LogP contribution in [0, 0.1) is 11.8 Å². The summed E-state index contributed by atoms with van der Waals surface area (Å²) in [5.41, 5.74) is 6.54. The molecule has 0 radical (unpaired) electrons. The molecule has 3 rings (SSSR count). The third-order valence-corrected chi connectivity index (χ3v) is 8.79. The molecule has 20 heteroatoms. The summed E-state index contributed by atoms with van der Waals surface area (Å²) in [6.45, 7) is 6.68. The summed E-state index contributed by atoms with van der Waals surface area (Å²) in [6.07, 6.45) is -3.34. The largest absolute Gasteiger partial charge is 0.490 e. The molecular formula is C34H50F6N6O8. The van der Waals surface area contributed by atoms with Gasteiger partial charge in [-0.05, 0) is 57.2 Å². The number of carbonyl (C=O) groups excluding carboxylic acids is 4. The molecule has 0 bridgehead atoms. The molecule has 0 aromatic heterocycles. The monoisotopic (exact) mass is 784 g/mol. The van der Waals surface area contributed by atoms with Crippen LogP contribution in [0.4, 0.5) is 26.3 Å². The van der Waals surface area contributed by atoms with E-state index in [0.717, 1.165) is 12.1 Å². The van der Waals surface area contributed by atoms with Gasteiger partial charge in [0.15, 0.2) is 0 Å². The van der Waals surface area contributed by atoms with Gasteiger partial charge in [0.1, 0.15) is 18.1 Å². The van der Waals surface area contributed by atoms with Gasteiger partial charge in [0.2, 0.25) is 23.6 Å². The minimum absolute atomic E-state index is 0.0671. The van der Waals surface area contributed by atoms with Crippen molar-refractivity contribution in [1.82, 2.24) is 26.2 Å². The van der Waals surface area contributed by atoms with Crippen molar-refractivity contribution in [1.29, 1.82) is 0 Å². The number of likely N-dealkylation sites (N-methyl/N-ethyl adjacent to an activating group) is 1. The lowest BCUT2D eigenvalue weighted by Gasteiger charge is -2.31. The number of carboxylic acid groups (broad SMARTS) is 2. The lowest BCUT2D eigenvalue weighted by Crippen LogP contribution is -2.58. The van der Waals surface area contributed by atoms with Crippen molar-refractivity contribution in [2.45, 2.75) is 108 Å². The average molecular weight is 785 g/mol. The molecule has 8 N–H and O–H groups in total. The number of carboxylic acids is 2. The highest BCUT2D eigenvalue weighted by atomic mass is 19.4. The summed E-state index contributed by atoms with van der Waals surface area (Å²) >= 11 is 0. The maximum atomic E-state index is 13.9. The molecule has 4 amide bonds. The Morgan fingerprint density at radius 1 is 0.870 bits per heavy atom. The first-order valence-corrected chi connectivity index (χ1v) is 17.2. The number of likely N-dealkylation sites (tertiary alicyclic amines) is 1. The topological polar surface area (TPSA) is 220 Å². The smallest absolute Gasteiger partial charge is 0.475 e. The zero-order valence-electron chi connectivity index (χ0n) is 30.4. The third-order valence-electron chi connectivity index (χ3n) is 8.79. The maximum Gasteiger partial charge on any atom is 0.490 e. The normalized spacial score (nSPS) is 19.2. The number of primary amides is 1. The van der Waals surface area contributed by atoms with Gasteiger partial charge in [-0.1, -0.05) is 63.4 Å². The van der Waals surface area contributed by atoms with E-state index in [4.69, 9.17) is 25.5 Å². The summed E-state index contributed by atoms with van der Waals surface area (Å²) in [4.78, 5) is 71.9. The van der Waals surface area contributed by atoms with Gasteiger partial charge in [0.05, 0.1) is 6.04 Å². The number of rotatable bonds is 13. The fourth-order valence-electron chi connectivity index (χ4n) is 5.64. The highest BCUT2D eigenvalue weighted by Crippen LogP contribution is 2.25. The van der Waals surface area contributed by atoms with Gasteiger partial charge < -0.3 is 42.1 Å². The third kappa shape index (κ3) is 16.7. The molecule has 0 spiro atoms. The van der Waals surface area contributed by atoms with Gasteiger partial charge in [0.25, 0.3) is 0 Å². The van der Waals surface area contributed by atoms with E-state index in [9.17, 15) is 45.5 Å². The van der Waals surface area contributed by atoms with Gasteiger partial charge in [0, 0.05) is 19.0 Å². The van der Waals surface area contributed by atoms with Crippen LogP contribution in [0.5, 0.6) is 0 Å². The fourth-order valence-corrected chi connectivity index (χ4v) is 5.64. The molecule has 1 aliphatic carbocycles. The fraction of sp³-hybridized carbons (Fsp3) is 0.647. The molecule has 1 aromatic carbocycles. The van der Waals surface area contributed by atoms with E-state index in [1.165, 1.54) is 32.1 Å². The number of carbonyl (C=O) groups is 6. The van der Waals surface area contributed by atoms with Crippen LogP contribution in [0.15, 0.2) is 30.3 Å². The van der Waals surface area contributed by atoms with E-state index >= 15 is 0 Å². The van der Waals surface area contributed by atoms with Crippen LogP contribution < -0.4 is 27.0 Å². The molecule has 306 valence electrons. The molecule has 5 atom stereocenters. The van der Waals surface area contributed by atoms with Crippen molar-refractivity contribution in [3.8, 4) is 0 Å². The summed E-state index contributed by atoms with van der Waals surface area (Å²) in [5, 5.41) is 26.5. The number of hydrogen-bond acceptors (Lipinski definition) is 8. The molecule has 1 aromatic rings. The number of hydrogen-bond donors (Lipinski definition) is 7. The van der Waals surface area contributed by atoms with Crippen LogP contribution >= 0.6 is 0 Å². The van der Waals surface area contributed by atoms with Gasteiger partial charge in [-0.25, -0.2) is 9.59 Å². The van der Waals surface area contributed by atoms with Gasteiger partial charge in [-0.15, -0.1) is 0 Å². The number of nitrogens with two attached hydrogens (primary N) is 1. The Hall–Kier alpha value is -4.46. The molecule has 1 aliphatic heterocycles. The summed E-state index contributed by atoms with van der Waals surface area (Å²) in [7, 11) is 1.68. The lowest BCUT2D eigenvalue weighted by molar-refractivity contribution is -0.193. The average Bonchev–Trinajstić information content (AvgIpc) is 3.53. The van der Waals surface area contributed by atoms with Crippen LogP contribution in [0.1, 0.15) is 64.9 Å². The number of alkyl halides is 6. The van der Waals surface area contributed by atoms with Crippen LogP contribution in [0.25, 0.3) is 0 Å². The number of halogens is 6. The second-order valence-corrected chi connectivity index (χ2v) is 13.4. The highest BCUT2D eigenvalue weighted by Gasteiger charge is 2.44. The second-order valence-electron chi connectivity index (χ2n) is 13.4. The van der Waals surface area contributed by atoms with Crippen LogP contribution in [0.3, 0.4) is 0 Å². The predicted molar refractivity (Wildman–Crippen MR) is 182 cm³/mol. The molecule has 2 fully saturated rings. The SMILES string of the molecule is CN[C@@H](C)C(=O)N[C@H](C(=O)N1C[C@@H](NCC2CCCCC2)C[C@H]1C(=O)N[C@@H](Cc1ccccc1)C(N)=O)C(C)C.O=C(O)C(F)(F)F.O=C(O)C(F)(F)F. The van der Waals surface area contributed by atoms with Crippen molar-refractivity contribution in [2.75, 3.05) is 20.1 Å². The molecule has 1 saturated heterocycles. The van der Waals surface area contributed by atoms with Crippen LogP contribution in [0.2, 0.25) is 0 Å². The lowest BCUT2D eigenvalue weighted by atomic mass is 9.89. The molecule has 54 heavy (non-hydrogen) atoms. The standard InChI is InChI=1S/C30H48N6O4.2C2HF3O2/c1-19(2)26(35-28(38)20(3)32-4)30(40)36-18-23(33-17-22-13-9-6-10-14-22)16-25(36)29(39)34-24(27(31)37)15-21-11-7-5-8-12-21;2*3-2(4,5)1(6)7/h5,7-8,11-12,19-20,22-26,32-33H,6,9-10,13-18H2,1-4H3,(H2,31,37)(H,34,39)(H,35,38);2*(H,6,7)/t20-,23-,24-,25-,26-;;/m0../s1. The molecule has 1 saturated carbocycles. The van der Waals surface area contributed by atoms with Gasteiger partial charge in [-0.3, -0.25) is 19.2 Å². The van der Waals surface area contributed by atoms with Gasteiger partial charge in [-0.2, -0.15) is 26.3 Å². The second kappa shape index (κ2) is 22.0. The Labute approximate surface area is 308 Å². The van der Waals surface area contributed by atoms with E-state index in [-0.39, 0.29) is 30.2 Å². The quantitative estimate of drug-likeness (QED) is 0.145. The first-order valence-electron chi connectivity index (χ1n) is 17.2. The van der Waals surface area contributed by atoms with Crippen LogP contribution in [-0.2, 0) is 35.2 Å². The molecule has 0 unspecified atom stereocenters. The summed E-state index contributed by atoms with van der Waals surface area (Å²) in [5.74, 6) is -6.72. The first kappa shape index (κ1) is 47.6. The number of benzene rings is 1. The Morgan fingerprint density at radius 2 is 1.39 bits per heavy atom. The van der Waals surface area contributed by atoms with Crippen LogP contribution in [-0.4, -0.2) is 113 Å². The van der Waals surface area contributed by atoms with E-state index < -0.39 is 60.3 Å². The number of aliphatic carboxylic acids is 2. The minimum atomic E-state index is -5.08. The van der Waals surface area contributed by atoms with E-state index in [1.807, 2.05) is 44.2 Å². The molecular weight excluding hydrogens is 734 g/mol. The first-order chi connectivity index (χ1) is 25.0. The zero-order chi connectivity index (χ0) is 41.4. The van der Waals surface area contributed by atoms with Crippen molar-refractivity contribution >= 4 is 35.6 Å². The Bertz CT molecular complexity index is 1370. The molecule has 2 aliphatic rings. The van der Waals surface area contributed by atoms with E-state index in [1.54, 1.807) is 18.9 Å². The number of nitrogens with zero attached hydrogens (tertiary/aromatic N) is 1. The Kier molecular flexibility index (Phi) is 19.4. The van der Waals surface area contributed by atoms with Crippen molar-refractivity contribution in [3.63, 3.8) is 0 Å². The van der Waals surface area contributed by atoms with Crippen molar-refractivity contribution in [3.05, 3.63) is 35.9 Å². The summed E-state index contributed by atoms with van der Waals surface area (Å²) in [6, 6.07) is 6.36. The predicted octanol–water partition coefficient (Wildman–Crippen LogP) is 2.35. The Balaban J connectivity index is 0.000000879. The Morgan fingerprint density at radius 3 is 1.83 bits per heavy atom. The van der Waals surface area contributed by atoms with E-state index in [2.05, 4.69) is 21.3 Å². The van der Waals surface area contributed by atoms with Crippen molar-refractivity contribution < 1.29 is 65.3 Å².